The minimum Gasteiger partial charge on any atom is -0.478 e. The first-order chi connectivity index (χ1) is 9.41. The second-order valence-corrected chi connectivity index (χ2v) is 4.39. The van der Waals surface area contributed by atoms with Crippen molar-refractivity contribution < 1.29 is 19.1 Å². The fourth-order valence-corrected chi connectivity index (χ4v) is 1.92. The number of anilines is 2. The molecule has 0 saturated carbocycles. The van der Waals surface area contributed by atoms with Crippen molar-refractivity contribution in [1.29, 1.82) is 0 Å². The third kappa shape index (κ3) is 2.46. The Kier molecular flexibility index (Phi) is 3.67. The van der Waals surface area contributed by atoms with Gasteiger partial charge in [-0.2, -0.15) is 0 Å². The van der Waals surface area contributed by atoms with Gasteiger partial charge in [0.05, 0.1) is 28.8 Å². The van der Waals surface area contributed by atoms with Crippen molar-refractivity contribution in [2.24, 2.45) is 0 Å². The van der Waals surface area contributed by atoms with Gasteiger partial charge in [-0.15, -0.1) is 0 Å². The Morgan fingerprint density at radius 2 is 2.05 bits per heavy atom. The third-order valence-corrected chi connectivity index (χ3v) is 3.08. The van der Waals surface area contributed by atoms with Crippen molar-refractivity contribution in [2.45, 2.75) is 0 Å². The van der Waals surface area contributed by atoms with Crippen molar-refractivity contribution in [3.8, 4) is 0 Å². The summed E-state index contributed by atoms with van der Waals surface area (Å²) in [5.41, 5.74) is 6.60. The molecule has 0 aliphatic rings. The number of carboxylic acids is 1. The molecule has 1 amide bonds. The summed E-state index contributed by atoms with van der Waals surface area (Å²) in [5, 5.41) is 8.86. The van der Waals surface area contributed by atoms with E-state index in [9.17, 15) is 9.59 Å². The zero-order valence-electron chi connectivity index (χ0n) is 10.5. The summed E-state index contributed by atoms with van der Waals surface area (Å²) in [6, 6.07) is 5.57. The summed E-state index contributed by atoms with van der Waals surface area (Å²) in [4.78, 5) is 24.3. The van der Waals surface area contributed by atoms with E-state index in [1.807, 2.05) is 0 Å². The van der Waals surface area contributed by atoms with Gasteiger partial charge in [-0.05, 0) is 35.9 Å². The number of carbonyl (C=O) groups excluding carboxylic acids is 1. The van der Waals surface area contributed by atoms with Crippen molar-refractivity contribution in [2.75, 3.05) is 17.7 Å². The molecule has 0 spiro atoms. The van der Waals surface area contributed by atoms with Gasteiger partial charge in [0.1, 0.15) is 0 Å². The van der Waals surface area contributed by atoms with Crippen molar-refractivity contribution >= 4 is 34.9 Å². The van der Waals surface area contributed by atoms with Gasteiger partial charge in [0, 0.05) is 7.05 Å². The molecule has 0 fully saturated rings. The highest BCUT2D eigenvalue weighted by atomic mass is 35.5. The summed E-state index contributed by atoms with van der Waals surface area (Å²) in [5.74, 6) is -1.49. The molecular weight excluding hydrogens is 284 g/mol. The Balaban J connectivity index is 2.34. The van der Waals surface area contributed by atoms with Gasteiger partial charge in [0.25, 0.3) is 5.91 Å². The Bertz CT molecular complexity index is 681. The van der Waals surface area contributed by atoms with Crippen molar-refractivity contribution in [3.05, 3.63) is 46.9 Å². The molecule has 0 saturated heterocycles. The second kappa shape index (κ2) is 5.26. The maximum Gasteiger partial charge on any atom is 0.335 e. The van der Waals surface area contributed by atoms with Gasteiger partial charge in [-0.1, -0.05) is 0 Å². The summed E-state index contributed by atoms with van der Waals surface area (Å²) >= 11 is 5.75. The van der Waals surface area contributed by atoms with E-state index in [-0.39, 0.29) is 22.0 Å². The normalized spacial score (nSPS) is 10.3. The average molecular weight is 295 g/mol. The molecule has 1 heterocycles. The quantitative estimate of drug-likeness (QED) is 0.848. The number of amides is 1. The molecule has 1 aromatic carbocycles. The maximum atomic E-state index is 12.2. The number of rotatable bonds is 3. The van der Waals surface area contributed by atoms with Crippen LogP contribution in [0.1, 0.15) is 20.7 Å². The molecule has 1 aromatic heterocycles. The monoisotopic (exact) mass is 294 g/mol. The molecule has 20 heavy (non-hydrogen) atoms. The SMILES string of the molecule is CN(C(=O)c1ccoc1Cl)c1ccc(C(=O)O)cc1N. The fourth-order valence-electron chi connectivity index (χ4n) is 1.73. The largest absolute Gasteiger partial charge is 0.478 e. The predicted octanol–water partition coefficient (Wildman–Crippen LogP) is 2.49. The van der Waals surface area contributed by atoms with Gasteiger partial charge in [0.15, 0.2) is 0 Å². The lowest BCUT2D eigenvalue weighted by Gasteiger charge is -2.19. The number of nitrogens with zero attached hydrogens (tertiary/aromatic N) is 1. The Morgan fingerprint density at radius 1 is 1.35 bits per heavy atom. The van der Waals surface area contributed by atoms with E-state index in [2.05, 4.69) is 0 Å². The molecule has 0 bridgehead atoms. The Morgan fingerprint density at radius 3 is 2.55 bits per heavy atom. The number of aromatic carboxylic acids is 1. The van der Waals surface area contributed by atoms with E-state index in [4.69, 9.17) is 26.9 Å². The number of carboxylic acid groups (broad SMARTS) is 1. The molecule has 0 aliphatic heterocycles. The van der Waals surface area contributed by atoms with E-state index in [1.54, 1.807) is 0 Å². The smallest absolute Gasteiger partial charge is 0.335 e. The molecule has 7 heteroatoms. The number of hydrogen-bond acceptors (Lipinski definition) is 4. The van der Waals surface area contributed by atoms with Crippen LogP contribution < -0.4 is 10.6 Å². The zero-order chi connectivity index (χ0) is 14.9. The standard InChI is InChI=1S/C13H11ClN2O4/c1-16(12(17)8-4-5-20-11(8)14)10-3-2-7(13(18)19)6-9(10)15/h2-6H,15H2,1H3,(H,18,19). The maximum absolute atomic E-state index is 12.2. The molecule has 3 N–H and O–H groups in total. The van der Waals surface area contributed by atoms with E-state index in [0.717, 1.165) is 0 Å². The summed E-state index contributed by atoms with van der Waals surface area (Å²) in [6.45, 7) is 0. The van der Waals surface area contributed by atoms with Crippen LogP contribution in [0.3, 0.4) is 0 Å². The number of halogens is 1. The van der Waals surface area contributed by atoms with Crippen LogP contribution in [0.15, 0.2) is 34.9 Å². The average Bonchev–Trinajstić information content (AvgIpc) is 2.83. The topological polar surface area (TPSA) is 96.8 Å². The Labute approximate surface area is 119 Å². The van der Waals surface area contributed by atoms with Gasteiger partial charge in [-0.3, -0.25) is 4.79 Å². The van der Waals surface area contributed by atoms with E-state index in [1.165, 1.54) is 42.5 Å². The lowest BCUT2D eigenvalue weighted by atomic mass is 10.1. The fraction of sp³-hybridized carbons (Fsp3) is 0.0769. The lowest BCUT2D eigenvalue weighted by molar-refractivity contribution is 0.0697. The van der Waals surface area contributed by atoms with E-state index < -0.39 is 11.9 Å². The highest BCUT2D eigenvalue weighted by Gasteiger charge is 2.20. The number of nitrogens with two attached hydrogens (primary N) is 1. The van der Waals surface area contributed by atoms with Crippen molar-refractivity contribution in [3.63, 3.8) is 0 Å². The van der Waals surface area contributed by atoms with Crippen LogP contribution in [-0.2, 0) is 0 Å². The second-order valence-electron chi connectivity index (χ2n) is 4.05. The molecule has 0 atom stereocenters. The molecule has 0 aliphatic carbocycles. The molecule has 2 aromatic rings. The van der Waals surface area contributed by atoms with Crippen LogP contribution in [0.25, 0.3) is 0 Å². The van der Waals surface area contributed by atoms with E-state index in [0.29, 0.717) is 5.69 Å². The number of carbonyl (C=O) groups is 2. The van der Waals surface area contributed by atoms with Gasteiger partial charge in [-0.25, -0.2) is 4.79 Å². The minimum atomic E-state index is -1.09. The van der Waals surface area contributed by atoms with E-state index >= 15 is 0 Å². The lowest BCUT2D eigenvalue weighted by Crippen LogP contribution is -2.27. The van der Waals surface area contributed by atoms with Gasteiger partial charge in [0.2, 0.25) is 5.22 Å². The first-order valence-electron chi connectivity index (χ1n) is 5.55. The van der Waals surface area contributed by atoms with Crippen LogP contribution in [0.5, 0.6) is 0 Å². The molecule has 2 rings (SSSR count). The number of nitrogen functional groups attached to an aromatic ring is 1. The summed E-state index contributed by atoms with van der Waals surface area (Å²) in [6.07, 6.45) is 1.31. The molecule has 0 unspecified atom stereocenters. The van der Waals surface area contributed by atoms with Crippen LogP contribution >= 0.6 is 11.6 Å². The van der Waals surface area contributed by atoms with Gasteiger partial charge >= 0.3 is 5.97 Å². The highest BCUT2D eigenvalue weighted by Crippen LogP contribution is 2.27. The minimum absolute atomic E-state index is 0.0115. The zero-order valence-corrected chi connectivity index (χ0v) is 11.2. The highest BCUT2D eigenvalue weighted by molar-refractivity contribution is 6.32. The first kappa shape index (κ1) is 14.0. The molecular formula is C13H11ClN2O4. The molecule has 104 valence electrons. The van der Waals surface area contributed by atoms with Gasteiger partial charge < -0.3 is 20.2 Å². The number of hydrogen-bond donors (Lipinski definition) is 2. The van der Waals surface area contributed by atoms with Crippen LogP contribution in [0, 0.1) is 0 Å². The predicted molar refractivity (Wildman–Crippen MR) is 74.3 cm³/mol. The third-order valence-electron chi connectivity index (χ3n) is 2.79. The number of benzene rings is 1. The number of furan rings is 1. The van der Waals surface area contributed by atoms with Crippen molar-refractivity contribution in [1.82, 2.24) is 0 Å². The van der Waals surface area contributed by atoms with Crippen LogP contribution in [-0.4, -0.2) is 24.0 Å². The first-order valence-corrected chi connectivity index (χ1v) is 5.93. The summed E-state index contributed by atoms with van der Waals surface area (Å²) < 4.78 is 4.86. The van der Waals surface area contributed by atoms with Crippen LogP contribution in [0.4, 0.5) is 11.4 Å². The Hall–Kier alpha value is -2.47. The molecule has 0 radical (unpaired) electrons. The molecule has 6 nitrogen and oxygen atoms in total. The summed E-state index contributed by atoms with van der Waals surface area (Å²) in [7, 11) is 1.51. The van der Waals surface area contributed by atoms with Crippen LogP contribution in [0.2, 0.25) is 5.22 Å².